The number of hydrogen-bond acceptors (Lipinski definition) is 2. The van der Waals surface area contributed by atoms with E-state index in [9.17, 15) is 4.79 Å². The van der Waals surface area contributed by atoms with Gasteiger partial charge >= 0.3 is 5.97 Å². The molecular weight excluding hydrogens is 116 g/mol. The number of hydrogen-bond donors (Lipinski definition) is 0. The third-order valence-electron chi connectivity index (χ3n) is 0.587. The summed E-state index contributed by atoms with van der Waals surface area (Å²) in [5.41, 5.74) is 0.858. The SMILES string of the molecule is C=C(C)C=COC(C)=O. The van der Waals surface area contributed by atoms with E-state index >= 15 is 0 Å². The molecule has 0 unspecified atom stereocenters. The minimum Gasteiger partial charge on any atom is -0.435 e. The highest BCUT2D eigenvalue weighted by molar-refractivity contribution is 5.66. The summed E-state index contributed by atoms with van der Waals surface area (Å²) >= 11 is 0. The Labute approximate surface area is 54.8 Å². The van der Waals surface area contributed by atoms with Gasteiger partial charge in [-0.2, -0.15) is 0 Å². The average molecular weight is 126 g/mol. The largest absolute Gasteiger partial charge is 0.435 e. The van der Waals surface area contributed by atoms with Crippen molar-refractivity contribution in [3.63, 3.8) is 0 Å². The second-order valence-corrected chi connectivity index (χ2v) is 1.76. The number of ether oxygens (including phenoxy) is 1. The van der Waals surface area contributed by atoms with Gasteiger partial charge in [0, 0.05) is 6.92 Å². The molecule has 0 heterocycles. The average Bonchev–Trinajstić information content (AvgIpc) is 1.63. The number of allylic oxidation sites excluding steroid dienone is 2. The summed E-state index contributed by atoms with van der Waals surface area (Å²) in [6.07, 6.45) is 2.95. The van der Waals surface area contributed by atoms with Crippen LogP contribution in [0.25, 0.3) is 0 Å². The van der Waals surface area contributed by atoms with Crippen molar-refractivity contribution in [1.29, 1.82) is 0 Å². The van der Waals surface area contributed by atoms with Crippen LogP contribution in [0.1, 0.15) is 13.8 Å². The van der Waals surface area contributed by atoms with Crippen LogP contribution >= 0.6 is 0 Å². The van der Waals surface area contributed by atoms with E-state index in [0.29, 0.717) is 0 Å². The zero-order valence-electron chi connectivity index (χ0n) is 5.68. The first-order chi connectivity index (χ1) is 4.13. The number of carbonyl (C=O) groups is 1. The molecule has 50 valence electrons. The molecule has 2 heteroatoms. The van der Waals surface area contributed by atoms with Crippen LogP contribution in [0.4, 0.5) is 0 Å². The fourth-order valence-electron chi connectivity index (χ4n) is 0.246. The lowest BCUT2D eigenvalue weighted by atomic mass is 10.3. The zero-order chi connectivity index (χ0) is 7.28. The Hall–Kier alpha value is -1.05. The van der Waals surface area contributed by atoms with Crippen LogP contribution in [0, 0.1) is 0 Å². The maximum Gasteiger partial charge on any atom is 0.307 e. The van der Waals surface area contributed by atoms with Gasteiger partial charge in [0.15, 0.2) is 0 Å². The van der Waals surface area contributed by atoms with Crippen LogP contribution in [-0.4, -0.2) is 5.97 Å². The molecule has 0 aliphatic carbocycles. The molecule has 0 rings (SSSR count). The molecule has 2 nitrogen and oxygen atoms in total. The smallest absolute Gasteiger partial charge is 0.307 e. The van der Waals surface area contributed by atoms with E-state index in [0.717, 1.165) is 5.57 Å². The molecule has 9 heavy (non-hydrogen) atoms. The van der Waals surface area contributed by atoms with Crippen molar-refractivity contribution in [2.75, 3.05) is 0 Å². The van der Waals surface area contributed by atoms with Crippen molar-refractivity contribution in [3.8, 4) is 0 Å². The highest BCUT2D eigenvalue weighted by atomic mass is 16.5. The summed E-state index contributed by atoms with van der Waals surface area (Å²) < 4.78 is 4.47. The van der Waals surface area contributed by atoms with Crippen LogP contribution in [0.5, 0.6) is 0 Å². The van der Waals surface area contributed by atoms with Gasteiger partial charge in [0.1, 0.15) is 0 Å². The van der Waals surface area contributed by atoms with E-state index in [1.807, 2.05) is 6.92 Å². The first-order valence-corrected chi connectivity index (χ1v) is 2.62. The molecule has 0 aromatic rings. The Kier molecular flexibility index (Phi) is 3.44. The maximum atomic E-state index is 10.1. The lowest BCUT2D eigenvalue weighted by molar-refractivity contribution is -0.135. The number of rotatable bonds is 2. The van der Waals surface area contributed by atoms with Gasteiger partial charge in [-0.15, -0.1) is 0 Å². The van der Waals surface area contributed by atoms with Crippen LogP contribution in [-0.2, 0) is 9.53 Å². The predicted octanol–water partition coefficient (Wildman–Crippen LogP) is 1.64. The lowest BCUT2D eigenvalue weighted by Crippen LogP contribution is -1.88. The minimum absolute atomic E-state index is 0.312. The molecule has 0 amide bonds. The summed E-state index contributed by atoms with van der Waals surface area (Å²) in [5, 5.41) is 0. The summed E-state index contributed by atoms with van der Waals surface area (Å²) in [5.74, 6) is -0.312. The minimum atomic E-state index is -0.312. The molecule has 0 saturated carbocycles. The Morgan fingerprint density at radius 2 is 2.11 bits per heavy atom. The van der Waals surface area contributed by atoms with E-state index < -0.39 is 0 Å². The Balaban J connectivity index is 3.48. The highest BCUT2D eigenvalue weighted by Gasteiger charge is 1.82. The second-order valence-electron chi connectivity index (χ2n) is 1.76. The molecule has 0 atom stereocenters. The maximum absolute atomic E-state index is 10.1. The summed E-state index contributed by atoms with van der Waals surface area (Å²) in [6.45, 7) is 6.74. The van der Waals surface area contributed by atoms with Gasteiger partial charge in [0.05, 0.1) is 6.26 Å². The van der Waals surface area contributed by atoms with E-state index in [2.05, 4.69) is 11.3 Å². The van der Waals surface area contributed by atoms with Gasteiger partial charge < -0.3 is 4.74 Å². The first kappa shape index (κ1) is 7.95. The second kappa shape index (κ2) is 3.89. The molecule has 0 N–H and O–H groups in total. The van der Waals surface area contributed by atoms with Gasteiger partial charge in [-0.05, 0) is 13.0 Å². The van der Waals surface area contributed by atoms with Gasteiger partial charge in [0.2, 0.25) is 0 Å². The standard InChI is InChI=1S/C7H10O2/c1-6(2)4-5-9-7(3)8/h4-5H,1H2,2-3H3. The Morgan fingerprint density at radius 3 is 2.44 bits per heavy atom. The number of esters is 1. The van der Waals surface area contributed by atoms with E-state index in [4.69, 9.17) is 0 Å². The van der Waals surface area contributed by atoms with Gasteiger partial charge in [-0.25, -0.2) is 0 Å². The van der Waals surface area contributed by atoms with E-state index in [1.165, 1.54) is 13.2 Å². The third-order valence-corrected chi connectivity index (χ3v) is 0.587. The van der Waals surface area contributed by atoms with Crippen molar-refractivity contribution in [1.82, 2.24) is 0 Å². The summed E-state index contributed by atoms with van der Waals surface area (Å²) in [7, 11) is 0. The molecular formula is C7H10O2. The molecule has 0 fully saturated rings. The summed E-state index contributed by atoms with van der Waals surface area (Å²) in [6, 6.07) is 0. The van der Waals surface area contributed by atoms with E-state index in [-0.39, 0.29) is 5.97 Å². The van der Waals surface area contributed by atoms with Gasteiger partial charge in [-0.1, -0.05) is 12.2 Å². The topological polar surface area (TPSA) is 26.3 Å². The fourth-order valence-corrected chi connectivity index (χ4v) is 0.246. The van der Waals surface area contributed by atoms with Crippen LogP contribution in [0.15, 0.2) is 24.5 Å². The van der Waals surface area contributed by atoms with Crippen LogP contribution in [0.3, 0.4) is 0 Å². The molecule has 0 saturated heterocycles. The molecule has 0 spiro atoms. The highest BCUT2D eigenvalue weighted by Crippen LogP contribution is 1.88. The van der Waals surface area contributed by atoms with Crippen molar-refractivity contribution >= 4 is 5.97 Å². The zero-order valence-corrected chi connectivity index (χ0v) is 5.68. The van der Waals surface area contributed by atoms with Crippen molar-refractivity contribution in [2.45, 2.75) is 13.8 Å². The third kappa shape index (κ3) is 6.95. The Morgan fingerprint density at radius 1 is 1.56 bits per heavy atom. The molecule has 0 aliphatic rings. The quantitative estimate of drug-likeness (QED) is 0.319. The fraction of sp³-hybridized carbons (Fsp3) is 0.286. The normalized spacial score (nSPS) is 9.56. The lowest BCUT2D eigenvalue weighted by Gasteiger charge is -1.88. The Bertz CT molecular complexity index is 145. The molecule has 0 radical (unpaired) electrons. The molecule has 0 aromatic carbocycles. The summed E-state index contributed by atoms with van der Waals surface area (Å²) in [4.78, 5) is 10.1. The predicted molar refractivity (Wildman–Crippen MR) is 35.7 cm³/mol. The first-order valence-electron chi connectivity index (χ1n) is 2.62. The van der Waals surface area contributed by atoms with Crippen molar-refractivity contribution < 1.29 is 9.53 Å². The molecule has 0 aliphatic heterocycles. The molecule has 0 bridgehead atoms. The van der Waals surface area contributed by atoms with Gasteiger partial charge in [0.25, 0.3) is 0 Å². The number of carbonyl (C=O) groups excluding carboxylic acids is 1. The van der Waals surface area contributed by atoms with Crippen molar-refractivity contribution in [2.24, 2.45) is 0 Å². The monoisotopic (exact) mass is 126 g/mol. The van der Waals surface area contributed by atoms with Crippen LogP contribution in [0.2, 0.25) is 0 Å². The van der Waals surface area contributed by atoms with E-state index in [1.54, 1.807) is 6.08 Å². The molecule has 0 aromatic heterocycles. The van der Waals surface area contributed by atoms with Crippen molar-refractivity contribution in [3.05, 3.63) is 24.5 Å². The van der Waals surface area contributed by atoms with Gasteiger partial charge in [-0.3, -0.25) is 4.79 Å². The van der Waals surface area contributed by atoms with Crippen LogP contribution < -0.4 is 0 Å².